The third kappa shape index (κ3) is 8.11. The Bertz CT molecular complexity index is 1890. The first kappa shape index (κ1) is 34.3. The monoisotopic (exact) mass is 661 g/mol. The van der Waals surface area contributed by atoms with Crippen LogP contribution in [-0.4, -0.2) is 45.9 Å². The van der Waals surface area contributed by atoms with Gasteiger partial charge in [-0.1, -0.05) is 61.9 Å². The van der Waals surface area contributed by atoms with Crippen LogP contribution in [-0.2, 0) is 30.0 Å². The smallest absolute Gasteiger partial charge is 0.459 e. The van der Waals surface area contributed by atoms with Crippen molar-refractivity contribution in [2.24, 2.45) is 0 Å². The van der Waals surface area contributed by atoms with Gasteiger partial charge in [0.2, 0.25) is 0 Å². The van der Waals surface area contributed by atoms with Crippen molar-refractivity contribution in [2.75, 3.05) is 18.9 Å². The van der Waals surface area contributed by atoms with E-state index in [1.807, 2.05) is 61.5 Å². The van der Waals surface area contributed by atoms with Gasteiger partial charge in [0.05, 0.1) is 23.7 Å². The van der Waals surface area contributed by atoms with Crippen molar-refractivity contribution in [1.29, 1.82) is 0 Å². The van der Waals surface area contributed by atoms with Crippen LogP contribution in [0, 0.1) is 0 Å². The van der Waals surface area contributed by atoms with Crippen molar-refractivity contribution in [3.05, 3.63) is 72.6 Å². The third-order valence-corrected chi connectivity index (χ3v) is 9.44. The first-order chi connectivity index (χ1) is 22.6. The van der Waals surface area contributed by atoms with Gasteiger partial charge in [0.15, 0.2) is 5.82 Å². The molecule has 0 spiro atoms. The summed E-state index contributed by atoms with van der Waals surface area (Å²) in [5, 5.41) is 5.67. The largest absolute Gasteiger partial charge is 0.462 e. The van der Waals surface area contributed by atoms with E-state index in [1.54, 1.807) is 32.9 Å². The lowest BCUT2D eigenvalue weighted by molar-refractivity contribution is -0.149. The lowest BCUT2D eigenvalue weighted by Gasteiger charge is -2.26. The van der Waals surface area contributed by atoms with E-state index in [1.165, 1.54) is 0 Å². The maximum atomic E-state index is 14.4. The number of hydrogen-bond acceptors (Lipinski definition) is 9. The molecular weight excluding hydrogens is 617 g/mol. The Balaban J connectivity index is 1.46. The maximum absolute atomic E-state index is 14.4. The number of nitrogens with two attached hydrogens (primary N) is 1. The molecule has 0 unspecified atom stereocenters. The molecule has 0 saturated carbocycles. The minimum absolute atomic E-state index is 0.0563. The molecule has 0 saturated heterocycles. The molecule has 0 aliphatic rings. The Morgan fingerprint density at radius 2 is 1.72 bits per heavy atom. The number of imidazole rings is 1. The third-order valence-electron chi connectivity index (χ3n) is 7.77. The van der Waals surface area contributed by atoms with Crippen molar-refractivity contribution < 1.29 is 27.9 Å². The number of fused-ring (bicyclic) bond motifs is 4. The van der Waals surface area contributed by atoms with Gasteiger partial charge in [0.1, 0.15) is 29.7 Å². The number of rotatable bonds is 16. The van der Waals surface area contributed by atoms with Gasteiger partial charge in [-0.05, 0) is 69.5 Å². The van der Waals surface area contributed by atoms with E-state index < -0.39 is 19.8 Å². The number of nitrogens with zero attached hydrogens (tertiary/aromatic N) is 3. The van der Waals surface area contributed by atoms with Crippen molar-refractivity contribution in [2.45, 2.75) is 78.7 Å². The Morgan fingerprint density at radius 3 is 2.47 bits per heavy atom. The van der Waals surface area contributed by atoms with Crippen LogP contribution in [0.15, 0.2) is 66.7 Å². The first-order valence-corrected chi connectivity index (χ1v) is 17.7. The predicted octanol–water partition coefficient (Wildman–Crippen LogP) is 7.72. The van der Waals surface area contributed by atoms with Gasteiger partial charge in [0.25, 0.3) is 0 Å². The van der Waals surface area contributed by atoms with Crippen LogP contribution in [0.2, 0.25) is 0 Å². The number of para-hydroxylation sites is 1. The zero-order valence-corrected chi connectivity index (χ0v) is 28.5. The summed E-state index contributed by atoms with van der Waals surface area (Å²) in [5.74, 6) is 0.867. The van der Waals surface area contributed by atoms with E-state index in [9.17, 15) is 9.36 Å². The highest BCUT2D eigenvalue weighted by molar-refractivity contribution is 7.52. The summed E-state index contributed by atoms with van der Waals surface area (Å²) in [5.41, 5.74) is 8.68. The number of benzene rings is 3. The predicted molar refractivity (Wildman–Crippen MR) is 185 cm³/mol. The molecule has 0 amide bonds. The van der Waals surface area contributed by atoms with E-state index in [-0.39, 0.29) is 18.8 Å². The van der Waals surface area contributed by atoms with E-state index in [4.69, 9.17) is 29.2 Å². The number of nitrogens with one attached hydrogen (secondary N) is 1. The maximum Gasteiger partial charge on any atom is 0.459 e. The van der Waals surface area contributed by atoms with Crippen LogP contribution in [0.25, 0.3) is 32.7 Å². The topological polar surface area (TPSA) is 140 Å². The van der Waals surface area contributed by atoms with Crippen LogP contribution >= 0.6 is 7.75 Å². The molecule has 12 heteroatoms. The van der Waals surface area contributed by atoms with Gasteiger partial charge in [0, 0.05) is 18.0 Å². The molecule has 250 valence electrons. The van der Waals surface area contributed by atoms with Crippen molar-refractivity contribution in [3.63, 3.8) is 0 Å². The molecule has 2 heterocycles. The lowest BCUT2D eigenvalue weighted by atomic mass is 10.1. The Labute approximate surface area is 275 Å². The number of carbonyl (C=O) groups is 1. The molecule has 3 aromatic carbocycles. The van der Waals surface area contributed by atoms with Gasteiger partial charge < -0.3 is 24.3 Å². The number of aromatic nitrogens is 3. The average molecular weight is 662 g/mol. The summed E-state index contributed by atoms with van der Waals surface area (Å²) < 4.78 is 39.8. The second-order valence-corrected chi connectivity index (χ2v) is 13.4. The average Bonchev–Trinajstić information content (AvgIpc) is 3.43. The second-order valence-electron chi connectivity index (χ2n) is 11.7. The van der Waals surface area contributed by atoms with Crippen molar-refractivity contribution in [3.8, 4) is 5.75 Å². The highest BCUT2D eigenvalue weighted by Crippen LogP contribution is 2.46. The number of hydrogen-bond donors (Lipinski definition) is 2. The summed E-state index contributed by atoms with van der Waals surface area (Å²) in [6, 6.07) is 20.0. The molecule has 11 nitrogen and oxygen atoms in total. The summed E-state index contributed by atoms with van der Waals surface area (Å²) in [6.45, 7) is 10.0. The summed E-state index contributed by atoms with van der Waals surface area (Å²) in [4.78, 5) is 22.2. The van der Waals surface area contributed by atoms with E-state index in [2.05, 4.69) is 21.6 Å². The molecular formula is C35H44N5O6P. The molecule has 0 aliphatic heterocycles. The van der Waals surface area contributed by atoms with Crippen LogP contribution in [0.5, 0.6) is 5.75 Å². The minimum Gasteiger partial charge on any atom is -0.462 e. The number of ether oxygens (including phenoxy) is 2. The number of anilines is 1. The Morgan fingerprint density at radius 1 is 0.979 bits per heavy atom. The first-order valence-electron chi connectivity index (χ1n) is 16.2. The SMILES string of the molecule is CCC[C@H](CCO[P@@](=O)(N[C@@H](C)C(=O)OC(C)C)Oc1ccc2ccccc2c1)n1c(COCC)nc2c(N)nc3ccccc3c21. The van der Waals surface area contributed by atoms with Crippen molar-refractivity contribution in [1.82, 2.24) is 19.6 Å². The van der Waals surface area contributed by atoms with E-state index >= 15 is 0 Å². The summed E-state index contributed by atoms with van der Waals surface area (Å²) >= 11 is 0. The fourth-order valence-corrected chi connectivity index (χ4v) is 7.18. The number of pyridine rings is 1. The molecule has 0 radical (unpaired) electrons. The lowest BCUT2D eigenvalue weighted by Crippen LogP contribution is -2.36. The van der Waals surface area contributed by atoms with Gasteiger partial charge in [-0.3, -0.25) is 9.32 Å². The highest BCUT2D eigenvalue weighted by atomic mass is 31.2. The zero-order valence-electron chi connectivity index (χ0n) is 27.6. The van der Waals surface area contributed by atoms with Gasteiger partial charge >= 0.3 is 13.7 Å². The van der Waals surface area contributed by atoms with Crippen LogP contribution in [0.1, 0.15) is 65.7 Å². The van der Waals surface area contributed by atoms with Gasteiger partial charge in [-0.2, -0.15) is 5.09 Å². The molecule has 0 aliphatic carbocycles. The fraction of sp³-hybridized carbons (Fsp3) is 0.400. The quantitative estimate of drug-likeness (QED) is 0.0798. The molecule has 47 heavy (non-hydrogen) atoms. The molecule has 5 aromatic rings. The van der Waals surface area contributed by atoms with Crippen LogP contribution < -0.4 is 15.3 Å². The Hall–Kier alpha value is -4.02. The molecule has 3 N–H and O–H groups in total. The zero-order chi connectivity index (χ0) is 33.6. The van der Waals surface area contributed by atoms with Crippen LogP contribution in [0.4, 0.5) is 5.82 Å². The highest BCUT2D eigenvalue weighted by Gasteiger charge is 2.33. The normalized spacial score (nSPS) is 14.4. The molecule has 3 atom stereocenters. The fourth-order valence-electron chi connectivity index (χ4n) is 5.68. The summed E-state index contributed by atoms with van der Waals surface area (Å²) in [7, 11) is -4.08. The minimum atomic E-state index is -4.08. The number of carbonyl (C=O) groups excluding carboxylic acids is 1. The number of nitrogen functional groups attached to an aromatic ring is 1. The summed E-state index contributed by atoms with van der Waals surface area (Å²) in [6.07, 6.45) is 1.79. The molecule has 0 fully saturated rings. The molecule has 5 rings (SSSR count). The van der Waals surface area contributed by atoms with Gasteiger partial charge in [-0.25, -0.2) is 14.5 Å². The molecule has 0 bridgehead atoms. The number of esters is 1. The van der Waals surface area contributed by atoms with Gasteiger partial charge in [-0.15, -0.1) is 0 Å². The molecule has 2 aromatic heterocycles. The second kappa shape index (κ2) is 15.3. The van der Waals surface area contributed by atoms with Crippen LogP contribution in [0.3, 0.4) is 0 Å². The standard InChI is InChI=1S/C35H44N5O6P/c1-6-12-27(40-31(22-43-7-2)38-32-33(40)29-15-10-11-16-30(29)37-34(32)36)19-20-44-47(42,39-24(5)35(41)45-23(3)4)46-28-18-17-25-13-8-9-14-26(25)21-28/h8-11,13-18,21,23-24,27H,6-7,12,19-20,22H2,1-5H3,(H2,36,37)(H,39,42)/t24-,27+,47-/m0/s1. The van der Waals surface area contributed by atoms with E-state index in [0.29, 0.717) is 36.7 Å². The Kier molecular flexibility index (Phi) is 11.1. The van der Waals surface area contributed by atoms with Crippen molar-refractivity contribution >= 4 is 52.2 Å². The van der Waals surface area contributed by atoms with E-state index in [0.717, 1.165) is 45.9 Å².